The molecule has 3 N–H and O–H groups in total. The van der Waals surface area contributed by atoms with Crippen LogP contribution in [-0.4, -0.2) is 21.8 Å². The average Bonchev–Trinajstić information content (AvgIpc) is 2.74. The lowest BCUT2D eigenvalue weighted by Crippen LogP contribution is -2.41. The van der Waals surface area contributed by atoms with Gasteiger partial charge in [0.2, 0.25) is 0 Å². The highest BCUT2D eigenvalue weighted by atomic mass is 127. The van der Waals surface area contributed by atoms with Crippen LogP contribution < -0.4 is 11.1 Å². The van der Waals surface area contributed by atoms with Crippen LogP contribution in [0, 0.1) is 0 Å². The predicted octanol–water partition coefficient (Wildman–Crippen LogP) is 1.78. The van der Waals surface area contributed by atoms with E-state index in [1.165, 1.54) is 32.1 Å². The Hall–Kier alpha value is -0.790. The van der Waals surface area contributed by atoms with Gasteiger partial charge in [0.25, 0.3) is 0 Å². The van der Waals surface area contributed by atoms with Crippen molar-refractivity contribution in [1.29, 1.82) is 0 Å². The molecular formula is C12H22IN5. The number of halogens is 1. The van der Waals surface area contributed by atoms with Crippen molar-refractivity contribution >= 4 is 29.9 Å². The number of rotatable bonds is 3. The van der Waals surface area contributed by atoms with Crippen LogP contribution in [0.4, 0.5) is 0 Å². The van der Waals surface area contributed by atoms with Crippen LogP contribution in [0.1, 0.15) is 37.8 Å². The number of guanidine groups is 1. The first-order chi connectivity index (χ1) is 8.25. The third kappa shape index (κ3) is 4.47. The van der Waals surface area contributed by atoms with Crippen molar-refractivity contribution in [3.8, 4) is 0 Å². The molecule has 5 nitrogen and oxygen atoms in total. The third-order valence-electron chi connectivity index (χ3n) is 3.29. The maximum absolute atomic E-state index is 5.88. The molecule has 0 unspecified atom stereocenters. The molecule has 0 radical (unpaired) electrons. The Labute approximate surface area is 125 Å². The maximum atomic E-state index is 5.88. The minimum absolute atomic E-state index is 0. The fourth-order valence-corrected chi connectivity index (χ4v) is 2.22. The number of nitrogens with one attached hydrogen (secondary N) is 1. The van der Waals surface area contributed by atoms with Crippen molar-refractivity contribution in [3.63, 3.8) is 0 Å². The van der Waals surface area contributed by atoms with Gasteiger partial charge in [-0.3, -0.25) is 4.68 Å². The number of nitrogens with zero attached hydrogens (tertiary/aromatic N) is 3. The molecule has 1 saturated carbocycles. The number of hydrogen-bond acceptors (Lipinski definition) is 2. The normalized spacial score (nSPS) is 17.3. The van der Waals surface area contributed by atoms with Crippen LogP contribution in [-0.2, 0) is 13.6 Å². The van der Waals surface area contributed by atoms with E-state index in [0.717, 1.165) is 5.69 Å². The molecule has 1 aliphatic rings. The number of aliphatic imine (C=N–C) groups is 1. The van der Waals surface area contributed by atoms with Crippen LogP contribution in [0.2, 0.25) is 0 Å². The Balaban J connectivity index is 0.00000162. The van der Waals surface area contributed by atoms with E-state index in [-0.39, 0.29) is 24.0 Å². The van der Waals surface area contributed by atoms with Gasteiger partial charge < -0.3 is 11.1 Å². The van der Waals surface area contributed by atoms with Gasteiger partial charge >= 0.3 is 0 Å². The van der Waals surface area contributed by atoms with Crippen molar-refractivity contribution in [2.45, 2.75) is 44.7 Å². The lowest BCUT2D eigenvalue weighted by atomic mass is 9.96. The van der Waals surface area contributed by atoms with Crippen LogP contribution in [0.15, 0.2) is 17.3 Å². The second-order valence-electron chi connectivity index (χ2n) is 4.63. The number of aryl methyl sites for hydroxylation is 1. The summed E-state index contributed by atoms with van der Waals surface area (Å²) in [7, 11) is 1.91. The van der Waals surface area contributed by atoms with Gasteiger partial charge in [0.1, 0.15) is 0 Å². The van der Waals surface area contributed by atoms with Gasteiger partial charge in [0, 0.05) is 19.3 Å². The molecule has 6 heteroatoms. The van der Waals surface area contributed by atoms with E-state index in [2.05, 4.69) is 15.4 Å². The molecular weight excluding hydrogens is 341 g/mol. The minimum Gasteiger partial charge on any atom is -0.370 e. The number of hydrogen-bond donors (Lipinski definition) is 2. The van der Waals surface area contributed by atoms with E-state index >= 15 is 0 Å². The van der Waals surface area contributed by atoms with Crippen molar-refractivity contribution in [3.05, 3.63) is 18.0 Å². The fraction of sp³-hybridized carbons (Fsp3) is 0.667. The molecule has 18 heavy (non-hydrogen) atoms. The first kappa shape index (κ1) is 15.3. The first-order valence-electron chi connectivity index (χ1n) is 6.29. The molecule has 1 aromatic heterocycles. The summed E-state index contributed by atoms with van der Waals surface area (Å²) in [6.07, 6.45) is 8.14. The zero-order valence-corrected chi connectivity index (χ0v) is 13.1. The van der Waals surface area contributed by atoms with Crippen LogP contribution in [0.25, 0.3) is 0 Å². The first-order valence-corrected chi connectivity index (χ1v) is 6.29. The van der Waals surface area contributed by atoms with Gasteiger partial charge in [-0.25, -0.2) is 4.99 Å². The lowest BCUT2D eigenvalue weighted by molar-refractivity contribution is 0.412. The molecule has 2 rings (SSSR count). The molecule has 0 atom stereocenters. The standard InChI is InChI=1S/C12H21N5.HI/c1-17-11(7-8-15-17)9-14-12(13)16-10-5-3-2-4-6-10;/h7-8,10H,2-6,9H2,1H3,(H3,13,14,16);1H. The topological polar surface area (TPSA) is 68.2 Å². The summed E-state index contributed by atoms with van der Waals surface area (Å²) >= 11 is 0. The SMILES string of the molecule is Cn1nccc1CN=C(N)NC1CCCCC1.I. The van der Waals surface area contributed by atoms with E-state index in [1.807, 2.05) is 17.8 Å². The van der Waals surface area contributed by atoms with Crippen molar-refractivity contribution in [1.82, 2.24) is 15.1 Å². The van der Waals surface area contributed by atoms with Crippen LogP contribution in [0.3, 0.4) is 0 Å². The average molecular weight is 363 g/mol. The molecule has 1 aliphatic carbocycles. The molecule has 0 saturated heterocycles. The minimum atomic E-state index is 0. The number of aromatic nitrogens is 2. The molecule has 102 valence electrons. The van der Waals surface area contributed by atoms with Gasteiger partial charge in [-0.05, 0) is 18.9 Å². The quantitative estimate of drug-likeness (QED) is 0.489. The molecule has 0 aromatic carbocycles. The molecule has 1 heterocycles. The van der Waals surface area contributed by atoms with E-state index in [4.69, 9.17) is 5.73 Å². The van der Waals surface area contributed by atoms with E-state index in [1.54, 1.807) is 6.20 Å². The third-order valence-corrected chi connectivity index (χ3v) is 3.29. The largest absolute Gasteiger partial charge is 0.370 e. The monoisotopic (exact) mass is 363 g/mol. The Bertz CT molecular complexity index is 382. The number of nitrogens with two attached hydrogens (primary N) is 1. The zero-order chi connectivity index (χ0) is 12.1. The van der Waals surface area contributed by atoms with E-state index in [9.17, 15) is 0 Å². The van der Waals surface area contributed by atoms with Crippen LogP contribution >= 0.6 is 24.0 Å². The summed E-state index contributed by atoms with van der Waals surface area (Å²) in [4.78, 5) is 4.34. The second-order valence-corrected chi connectivity index (χ2v) is 4.63. The maximum Gasteiger partial charge on any atom is 0.189 e. The molecule has 0 bridgehead atoms. The summed E-state index contributed by atoms with van der Waals surface area (Å²) in [5.41, 5.74) is 6.95. The summed E-state index contributed by atoms with van der Waals surface area (Å²) in [5, 5.41) is 7.40. The van der Waals surface area contributed by atoms with Gasteiger partial charge in [-0.1, -0.05) is 19.3 Å². The molecule has 1 fully saturated rings. The Kier molecular flexibility index (Phi) is 6.45. The highest BCUT2D eigenvalue weighted by molar-refractivity contribution is 14.0. The summed E-state index contributed by atoms with van der Waals surface area (Å²) in [6, 6.07) is 2.47. The Morgan fingerprint density at radius 3 is 2.83 bits per heavy atom. The molecule has 0 aliphatic heterocycles. The van der Waals surface area contributed by atoms with Crippen molar-refractivity contribution in [2.24, 2.45) is 17.8 Å². The summed E-state index contributed by atoms with van der Waals surface area (Å²) < 4.78 is 1.82. The molecule has 0 spiro atoms. The van der Waals surface area contributed by atoms with Gasteiger partial charge in [0.15, 0.2) is 5.96 Å². The van der Waals surface area contributed by atoms with Gasteiger partial charge in [0.05, 0.1) is 12.2 Å². The zero-order valence-electron chi connectivity index (χ0n) is 10.8. The van der Waals surface area contributed by atoms with Crippen molar-refractivity contribution in [2.75, 3.05) is 0 Å². The Morgan fingerprint density at radius 1 is 1.50 bits per heavy atom. The van der Waals surface area contributed by atoms with E-state index < -0.39 is 0 Å². The highest BCUT2D eigenvalue weighted by Gasteiger charge is 2.13. The smallest absolute Gasteiger partial charge is 0.189 e. The van der Waals surface area contributed by atoms with Gasteiger partial charge in [-0.15, -0.1) is 24.0 Å². The predicted molar refractivity (Wildman–Crippen MR) is 84.0 cm³/mol. The summed E-state index contributed by atoms with van der Waals surface area (Å²) in [6.45, 7) is 0.585. The van der Waals surface area contributed by atoms with Gasteiger partial charge in [-0.2, -0.15) is 5.10 Å². The van der Waals surface area contributed by atoms with Crippen molar-refractivity contribution < 1.29 is 0 Å². The van der Waals surface area contributed by atoms with Crippen LogP contribution in [0.5, 0.6) is 0 Å². The lowest BCUT2D eigenvalue weighted by Gasteiger charge is -2.23. The fourth-order valence-electron chi connectivity index (χ4n) is 2.22. The second kappa shape index (κ2) is 7.60. The van der Waals surface area contributed by atoms with E-state index in [0.29, 0.717) is 18.5 Å². The summed E-state index contributed by atoms with van der Waals surface area (Å²) in [5.74, 6) is 0.554. The molecule has 0 amide bonds. The highest BCUT2D eigenvalue weighted by Crippen LogP contribution is 2.17. The Morgan fingerprint density at radius 2 is 2.22 bits per heavy atom. The molecule has 1 aromatic rings.